The number of halogens is 1. The van der Waals surface area contributed by atoms with Gasteiger partial charge in [-0.1, -0.05) is 0 Å². The van der Waals surface area contributed by atoms with Gasteiger partial charge in [-0.3, -0.25) is 0 Å². The van der Waals surface area contributed by atoms with E-state index in [1.165, 1.54) is 0 Å². The Balaban J connectivity index is 2.03. The Hall–Kier alpha value is -3.20. The fourth-order valence-corrected chi connectivity index (χ4v) is 3.56. The van der Waals surface area contributed by atoms with Crippen molar-refractivity contribution in [3.8, 4) is 28.9 Å². The van der Waals surface area contributed by atoms with E-state index >= 15 is 0 Å². The van der Waals surface area contributed by atoms with Crippen LogP contribution in [0.15, 0.2) is 47.1 Å². The Labute approximate surface area is 196 Å². The van der Waals surface area contributed by atoms with Crippen molar-refractivity contribution in [1.29, 1.82) is 0 Å². The number of methoxy groups -OCH3 is 5. The highest BCUT2D eigenvalue weighted by atomic mass is 79.9. The predicted octanol–water partition coefficient (Wildman–Crippen LogP) is 4.49. The molecule has 0 saturated carbocycles. The standard InChI is InChI=1S/C23H26BrN3O5/c1-28-17-8-6-15(20(10-17)30-3)13-27(23-25-12-19(24)22(26-23)32-5)14-16-7-9-18(29-2)11-21(16)31-4/h6-12H,13-14H2,1-5H3. The average Bonchev–Trinajstić information content (AvgIpc) is 2.84. The van der Waals surface area contributed by atoms with Crippen LogP contribution in [0.25, 0.3) is 0 Å². The lowest BCUT2D eigenvalue weighted by molar-refractivity contribution is 0.388. The van der Waals surface area contributed by atoms with Crippen LogP contribution in [0.5, 0.6) is 28.9 Å². The highest BCUT2D eigenvalue weighted by Crippen LogP contribution is 2.31. The summed E-state index contributed by atoms with van der Waals surface area (Å²) in [5, 5.41) is 0. The molecule has 1 aromatic heterocycles. The molecular formula is C23H26BrN3O5. The fourth-order valence-electron chi connectivity index (χ4n) is 3.21. The van der Waals surface area contributed by atoms with Gasteiger partial charge in [-0.2, -0.15) is 4.98 Å². The predicted molar refractivity (Wildman–Crippen MR) is 125 cm³/mol. The van der Waals surface area contributed by atoms with E-state index in [0.717, 1.165) is 22.6 Å². The smallest absolute Gasteiger partial charge is 0.232 e. The first kappa shape index (κ1) is 23.5. The van der Waals surface area contributed by atoms with Crippen LogP contribution < -0.4 is 28.6 Å². The summed E-state index contributed by atoms with van der Waals surface area (Å²) in [6.07, 6.45) is 1.67. The van der Waals surface area contributed by atoms with Gasteiger partial charge in [0, 0.05) is 36.3 Å². The SMILES string of the molecule is COc1ccc(CN(Cc2ccc(OC)cc2OC)c2ncc(Br)c(OC)n2)c(OC)c1. The number of hydrogen-bond acceptors (Lipinski definition) is 8. The second kappa shape index (κ2) is 10.9. The van der Waals surface area contributed by atoms with E-state index in [0.29, 0.717) is 40.9 Å². The summed E-state index contributed by atoms with van der Waals surface area (Å²) in [4.78, 5) is 11.1. The molecule has 0 saturated heterocycles. The largest absolute Gasteiger partial charge is 0.497 e. The molecule has 0 unspecified atom stereocenters. The number of ether oxygens (including phenoxy) is 5. The lowest BCUT2D eigenvalue weighted by atomic mass is 10.1. The number of nitrogens with zero attached hydrogens (tertiary/aromatic N) is 3. The molecule has 2 aromatic carbocycles. The summed E-state index contributed by atoms with van der Waals surface area (Å²) in [6, 6.07) is 11.4. The molecule has 170 valence electrons. The van der Waals surface area contributed by atoms with Crippen molar-refractivity contribution >= 4 is 21.9 Å². The zero-order chi connectivity index (χ0) is 23.1. The first-order chi connectivity index (χ1) is 15.5. The summed E-state index contributed by atoms with van der Waals surface area (Å²) in [5.41, 5.74) is 1.90. The number of benzene rings is 2. The Bertz CT molecular complexity index is 1010. The molecule has 3 rings (SSSR count). The van der Waals surface area contributed by atoms with Crippen LogP contribution >= 0.6 is 15.9 Å². The van der Waals surface area contributed by atoms with Gasteiger partial charge in [-0.05, 0) is 40.2 Å². The van der Waals surface area contributed by atoms with Crippen LogP contribution in [0.1, 0.15) is 11.1 Å². The van der Waals surface area contributed by atoms with Crippen LogP contribution in [-0.4, -0.2) is 45.5 Å². The monoisotopic (exact) mass is 503 g/mol. The van der Waals surface area contributed by atoms with E-state index in [-0.39, 0.29) is 0 Å². The Morgan fingerprint density at radius 1 is 0.750 bits per heavy atom. The molecule has 8 nitrogen and oxygen atoms in total. The van der Waals surface area contributed by atoms with Crippen molar-refractivity contribution in [2.45, 2.75) is 13.1 Å². The molecular weight excluding hydrogens is 478 g/mol. The van der Waals surface area contributed by atoms with E-state index in [9.17, 15) is 0 Å². The third kappa shape index (κ3) is 5.34. The summed E-state index contributed by atoms with van der Waals surface area (Å²) in [7, 11) is 8.08. The minimum absolute atomic E-state index is 0.448. The molecule has 32 heavy (non-hydrogen) atoms. The quantitative estimate of drug-likeness (QED) is 0.400. The number of anilines is 1. The van der Waals surface area contributed by atoms with Gasteiger partial charge < -0.3 is 28.6 Å². The lowest BCUT2D eigenvalue weighted by Gasteiger charge is -2.25. The van der Waals surface area contributed by atoms with Crippen molar-refractivity contribution < 1.29 is 23.7 Å². The topological polar surface area (TPSA) is 75.2 Å². The molecule has 1 heterocycles. The van der Waals surface area contributed by atoms with E-state index in [1.807, 2.05) is 41.3 Å². The Kier molecular flexibility index (Phi) is 7.99. The van der Waals surface area contributed by atoms with Gasteiger partial charge in [0.1, 0.15) is 23.0 Å². The van der Waals surface area contributed by atoms with Gasteiger partial charge in [0.2, 0.25) is 11.8 Å². The zero-order valence-corrected chi connectivity index (χ0v) is 20.3. The fraction of sp³-hybridized carbons (Fsp3) is 0.304. The van der Waals surface area contributed by atoms with Gasteiger partial charge in [-0.15, -0.1) is 0 Å². The number of aromatic nitrogens is 2. The van der Waals surface area contributed by atoms with Crippen LogP contribution in [0, 0.1) is 0 Å². The molecule has 0 fully saturated rings. The molecule has 0 bridgehead atoms. The van der Waals surface area contributed by atoms with Crippen LogP contribution in [-0.2, 0) is 13.1 Å². The molecule has 0 N–H and O–H groups in total. The molecule has 0 atom stereocenters. The second-order valence-electron chi connectivity index (χ2n) is 6.74. The third-order valence-corrected chi connectivity index (χ3v) is 5.43. The van der Waals surface area contributed by atoms with E-state index < -0.39 is 0 Å². The van der Waals surface area contributed by atoms with E-state index in [2.05, 4.69) is 25.9 Å². The van der Waals surface area contributed by atoms with Crippen LogP contribution in [0.2, 0.25) is 0 Å². The summed E-state index contributed by atoms with van der Waals surface area (Å²) in [6.45, 7) is 0.959. The maximum atomic E-state index is 5.59. The molecule has 3 aromatic rings. The molecule has 9 heteroatoms. The summed E-state index contributed by atoms with van der Waals surface area (Å²) < 4.78 is 27.9. The molecule has 0 aliphatic carbocycles. The molecule has 0 radical (unpaired) electrons. The average molecular weight is 504 g/mol. The van der Waals surface area contributed by atoms with Crippen molar-refractivity contribution in [1.82, 2.24) is 9.97 Å². The van der Waals surface area contributed by atoms with Crippen molar-refractivity contribution in [2.75, 3.05) is 40.4 Å². The molecule has 0 spiro atoms. The first-order valence-electron chi connectivity index (χ1n) is 9.76. The second-order valence-corrected chi connectivity index (χ2v) is 7.59. The maximum absolute atomic E-state index is 5.59. The molecule has 0 amide bonds. The first-order valence-corrected chi connectivity index (χ1v) is 10.6. The Morgan fingerprint density at radius 3 is 1.72 bits per heavy atom. The minimum atomic E-state index is 0.448. The van der Waals surface area contributed by atoms with Gasteiger partial charge >= 0.3 is 0 Å². The van der Waals surface area contributed by atoms with Crippen molar-refractivity contribution in [3.05, 3.63) is 58.2 Å². The third-order valence-electron chi connectivity index (χ3n) is 4.89. The maximum Gasteiger partial charge on any atom is 0.232 e. The van der Waals surface area contributed by atoms with Gasteiger partial charge in [-0.25, -0.2) is 4.98 Å². The van der Waals surface area contributed by atoms with Crippen molar-refractivity contribution in [2.24, 2.45) is 0 Å². The molecule has 0 aliphatic rings. The van der Waals surface area contributed by atoms with Crippen LogP contribution in [0.4, 0.5) is 5.95 Å². The highest BCUT2D eigenvalue weighted by molar-refractivity contribution is 9.10. The van der Waals surface area contributed by atoms with E-state index in [4.69, 9.17) is 23.7 Å². The molecule has 0 aliphatic heterocycles. The number of rotatable bonds is 10. The summed E-state index contributed by atoms with van der Waals surface area (Å²) in [5.74, 6) is 3.80. The summed E-state index contributed by atoms with van der Waals surface area (Å²) >= 11 is 3.41. The lowest BCUT2D eigenvalue weighted by Crippen LogP contribution is -2.25. The Morgan fingerprint density at radius 2 is 1.28 bits per heavy atom. The number of hydrogen-bond donors (Lipinski definition) is 0. The van der Waals surface area contributed by atoms with E-state index in [1.54, 1.807) is 41.7 Å². The zero-order valence-electron chi connectivity index (χ0n) is 18.7. The van der Waals surface area contributed by atoms with Crippen LogP contribution in [0.3, 0.4) is 0 Å². The van der Waals surface area contributed by atoms with Gasteiger partial charge in [0.25, 0.3) is 0 Å². The highest BCUT2D eigenvalue weighted by Gasteiger charge is 2.19. The van der Waals surface area contributed by atoms with Crippen molar-refractivity contribution in [3.63, 3.8) is 0 Å². The van der Waals surface area contributed by atoms with Gasteiger partial charge in [0.05, 0.1) is 46.2 Å². The van der Waals surface area contributed by atoms with Gasteiger partial charge in [0.15, 0.2) is 0 Å². The minimum Gasteiger partial charge on any atom is -0.497 e. The normalized spacial score (nSPS) is 10.4.